The van der Waals surface area contributed by atoms with Crippen LogP contribution >= 0.6 is 0 Å². The van der Waals surface area contributed by atoms with E-state index in [1.165, 1.54) is 24.1 Å². The molecular formula is C13H20N2O. The maximum absolute atomic E-state index is 9.40. The predicted molar refractivity (Wildman–Crippen MR) is 67.7 cm³/mol. The molecule has 2 rings (SSSR count). The Morgan fingerprint density at radius 3 is 2.94 bits per heavy atom. The van der Waals surface area contributed by atoms with Crippen LogP contribution in [0.15, 0.2) is 18.2 Å². The van der Waals surface area contributed by atoms with Gasteiger partial charge in [-0.05, 0) is 49.9 Å². The molecule has 3 heteroatoms. The van der Waals surface area contributed by atoms with Crippen molar-refractivity contribution in [3.63, 3.8) is 0 Å². The average molecular weight is 220 g/mol. The zero-order chi connectivity index (χ0) is 11.5. The molecule has 0 bridgehead atoms. The number of rotatable bonds is 2. The Bertz CT molecular complexity index is 365. The minimum atomic E-state index is 0.240. The Hall–Kier alpha value is -1.22. The van der Waals surface area contributed by atoms with Gasteiger partial charge in [-0.3, -0.25) is 0 Å². The fourth-order valence-electron chi connectivity index (χ4n) is 2.51. The lowest BCUT2D eigenvalue weighted by atomic mass is 10.0. The zero-order valence-corrected chi connectivity index (χ0v) is 9.82. The Balaban J connectivity index is 2.27. The first kappa shape index (κ1) is 11.3. The minimum Gasteiger partial charge on any atom is -0.399 e. The van der Waals surface area contributed by atoms with Crippen molar-refractivity contribution in [3.05, 3.63) is 23.8 Å². The van der Waals surface area contributed by atoms with Crippen molar-refractivity contribution in [3.8, 4) is 0 Å². The molecule has 3 nitrogen and oxygen atoms in total. The van der Waals surface area contributed by atoms with E-state index < -0.39 is 0 Å². The summed E-state index contributed by atoms with van der Waals surface area (Å²) >= 11 is 0. The molecule has 0 aromatic heterocycles. The summed E-state index contributed by atoms with van der Waals surface area (Å²) in [5.41, 5.74) is 8.97. The summed E-state index contributed by atoms with van der Waals surface area (Å²) in [6, 6.07) is 6.28. The Kier molecular flexibility index (Phi) is 3.34. The summed E-state index contributed by atoms with van der Waals surface area (Å²) in [6.07, 6.45) is 3.51. The van der Waals surface area contributed by atoms with Crippen LogP contribution in [0, 0.1) is 6.92 Å². The summed E-state index contributed by atoms with van der Waals surface area (Å²) in [7, 11) is 0. The summed E-state index contributed by atoms with van der Waals surface area (Å²) in [6.45, 7) is 3.36. The first-order chi connectivity index (χ1) is 7.72. The number of nitrogen functional groups attached to an aromatic ring is 1. The van der Waals surface area contributed by atoms with Crippen LogP contribution in [0.5, 0.6) is 0 Å². The maximum atomic E-state index is 9.40. The van der Waals surface area contributed by atoms with Crippen LogP contribution in [0.1, 0.15) is 24.8 Å². The monoisotopic (exact) mass is 220 g/mol. The van der Waals surface area contributed by atoms with Crippen LogP contribution in [0.2, 0.25) is 0 Å². The summed E-state index contributed by atoms with van der Waals surface area (Å²) in [5.74, 6) is 0. The SMILES string of the molecule is Cc1cc(N)ccc1N1CCCCC1CO. The number of aliphatic hydroxyl groups is 1. The predicted octanol–water partition coefficient (Wildman–Crippen LogP) is 1.93. The highest BCUT2D eigenvalue weighted by molar-refractivity contribution is 5.59. The van der Waals surface area contributed by atoms with Gasteiger partial charge < -0.3 is 15.7 Å². The van der Waals surface area contributed by atoms with E-state index in [2.05, 4.69) is 17.9 Å². The lowest BCUT2D eigenvalue weighted by Gasteiger charge is -2.37. The van der Waals surface area contributed by atoms with Crippen LogP contribution in [0.25, 0.3) is 0 Å². The molecule has 1 fully saturated rings. The molecule has 1 atom stereocenters. The van der Waals surface area contributed by atoms with Crippen LogP contribution in [-0.4, -0.2) is 24.3 Å². The normalized spacial score (nSPS) is 21.1. The van der Waals surface area contributed by atoms with Crippen molar-refractivity contribution < 1.29 is 5.11 Å². The molecule has 1 unspecified atom stereocenters. The average Bonchev–Trinajstić information content (AvgIpc) is 2.29. The fourth-order valence-corrected chi connectivity index (χ4v) is 2.51. The van der Waals surface area contributed by atoms with Crippen molar-refractivity contribution in [2.45, 2.75) is 32.2 Å². The van der Waals surface area contributed by atoms with E-state index in [4.69, 9.17) is 5.73 Å². The molecule has 88 valence electrons. The van der Waals surface area contributed by atoms with Gasteiger partial charge in [0.15, 0.2) is 0 Å². The van der Waals surface area contributed by atoms with Gasteiger partial charge >= 0.3 is 0 Å². The number of aryl methyl sites for hydroxylation is 1. The van der Waals surface area contributed by atoms with E-state index in [1.54, 1.807) is 0 Å². The molecule has 0 spiro atoms. The smallest absolute Gasteiger partial charge is 0.0635 e. The Morgan fingerprint density at radius 2 is 2.25 bits per heavy atom. The third-order valence-corrected chi connectivity index (χ3v) is 3.37. The highest BCUT2D eigenvalue weighted by Gasteiger charge is 2.22. The molecule has 1 heterocycles. The molecule has 0 amide bonds. The van der Waals surface area contributed by atoms with Crippen LogP contribution in [-0.2, 0) is 0 Å². The lowest BCUT2D eigenvalue weighted by Crippen LogP contribution is -2.42. The van der Waals surface area contributed by atoms with Gasteiger partial charge in [0.1, 0.15) is 0 Å². The van der Waals surface area contributed by atoms with Crippen LogP contribution in [0.3, 0.4) is 0 Å². The zero-order valence-electron chi connectivity index (χ0n) is 9.82. The molecule has 1 aromatic rings. The van der Waals surface area contributed by atoms with E-state index in [9.17, 15) is 5.11 Å². The van der Waals surface area contributed by atoms with Crippen LogP contribution < -0.4 is 10.6 Å². The van der Waals surface area contributed by atoms with E-state index in [0.717, 1.165) is 18.7 Å². The van der Waals surface area contributed by atoms with Gasteiger partial charge in [0.05, 0.1) is 12.6 Å². The molecule has 3 N–H and O–H groups in total. The minimum absolute atomic E-state index is 0.240. The number of hydrogen-bond donors (Lipinski definition) is 2. The second-order valence-electron chi connectivity index (χ2n) is 4.57. The number of anilines is 2. The van der Waals surface area contributed by atoms with Gasteiger partial charge in [-0.15, -0.1) is 0 Å². The highest BCUT2D eigenvalue weighted by Crippen LogP contribution is 2.28. The quantitative estimate of drug-likeness (QED) is 0.749. The third kappa shape index (κ3) is 2.14. The Morgan fingerprint density at radius 1 is 1.44 bits per heavy atom. The second kappa shape index (κ2) is 4.74. The molecule has 0 aliphatic carbocycles. The topological polar surface area (TPSA) is 49.5 Å². The molecule has 16 heavy (non-hydrogen) atoms. The van der Waals surface area contributed by atoms with Crippen molar-refractivity contribution in [2.24, 2.45) is 0 Å². The van der Waals surface area contributed by atoms with Gasteiger partial charge in [0.25, 0.3) is 0 Å². The standard InChI is InChI=1S/C13H20N2O/c1-10-8-11(14)5-6-13(10)15-7-3-2-4-12(15)9-16/h5-6,8,12,16H,2-4,7,9,14H2,1H3. The van der Waals surface area contributed by atoms with Crippen molar-refractivity contribution in [1.82, 2.24) is 0 Å². The first-order valence-corrected chi connectivity index (χ1v) is 5.96. The molecular weight excluding hydrogens is 200 g/mol. The van der Waals surface area contributed by atoms with Crippen molar-refractivity contribution in [1.29, 1.82) is 0 Å². The van der Waals surface area contributed by atoms with Gasteiger partial charge in [-0.2, -0.15) is 0 Å². The number of benzene rings is 1. The molecule has 0 saturated carbocycles. The fraction of sp³-hybridized carbons (Fsp3) is 0.538. The highest BCUT2D eigenvalue weighted by atomic mass is 16.3. The summed E-state index contributed by atoms with van der Waals surface area (Å²) < 4.78 is 0. The summed E-state index contributed by atoms with van der Waals surface area (Å²) in [4.78, 5) is 2.32. The lowest BCUT2D eigenvalue weighted by molar-refractivity contribution is 0.240. The number of hydrogen-bond acceptors (Lipinski definition) is 3. The molecule has 0 radical (unpaired) electrons. The van der Waals surface area contributed by atoms with Crippen molar-refractivity contribution >= 4 is 11.4 Å². The Labute approximate surface area is 96.9 Å². The first-order valence-electron chi connectivity index (χ1n) is 5.96. The summed E-state index contributed by atoms with van der Waals surface area (Å²) in [5, 5.41) is 9.40. The number of nitrogens with zero attached hydrogens (tertiary/aromatic N) is 1. The van der Waals surface area contributed by atoms with Crippen molar-refractivity contribution in [2.75, 3.05) is 23.8 Å². The van der Waals surface area contributed by atoms with E-state index in [1.807, 2.05) is 12.1 Å². The van der Waals surface area contributed by atoms with Gasteiger partial charge in [-0.25, -0.2) is 0 Å². The van der Waals surface area contributed by atoms with Gasteiger partial charge in [-0.1, -0.05) is 0 Å². The van der Waals surface area contributed by atoms with Crippen LogP contribution in [0.4, 0.5) is 11.4 Å². The van der Waals surface area contributed by atoms with Gasteiger partial charge in [0.2, 0.25) is 0 Å². The van der Waals surface area contributed by atoms with Gasteiger partial charge in [0, 0.05) is 17.9 Å². The third-order valence-electron chi connectivity index (χ3n) is 3.37. The van der Waals surface area contributed by atoms with E-state index in [-0.39, 0.29) is 12.6 Å². The number of piperidine rings is 1. The largest absolute Gasteiger partial charge is 0.399 e. The number of aliphatic hydroxyl groups excluding tert-OH is 1. The number of nitrogens with two attached hydrogens (primary N) is 1. The molecule has 1 aromatic carbocycles. The molecule has 1 aliphatic rings. The second-order valence-corrected chi connectivity index (χ2v) is 4.57. The maximum Gasteiger partial charge on any atom is 0.0635 e. The van der Waals surface area contributed by atoms with E-state index in [0.29, 0.717) is 0 Å². The molecule has 1 aliphatic heterocycles. The van der Waals surface area contributed by atoms with E-state index >= 15 is 0 Å². The molecule has 1 saturated heterocycles.